The molecule has 2 unspecified atom stereocenters. The van der Waals surface area contributed by atoms with Crippen molar-refractivity contribution in [3.05, 3.63) is 0 Å². The van der Waals surface area contributed by atoms with Crippen molar-refractivity contribution in [2.24, 2.45) is 5.41 Å². The zero-order chi connectivity index (χ0) is 12.0. The molecule has 0 saturated carbocycles. The highest BCUT2D eigenvalue weighted by Gasteiger charge is 2.32. The molecule has 0 spiro atoms. The number of hydrogen-bond acceptors (Lipinski definition) is 3. The van der Waals surface area contributed by atoms with Crippen molar-refractivity contribution >= 4 is 0 Å². The lowest BCUT2D eigenvalue weighted by Crippen LogP contribution is -2.40. The van der Waals surface area contributed by atoms with E-state index < -0.39 is 0 Å². The van der Waals surface area contributed by atoms with Crippen molar-refractivity contribution < 1.29 is 4.74 Å². The maximum Gasteiger partial charge on any atom is 0.0699 e. The van der Waals surface area contributed by atoms with E-state index in [-0.39, 0.29) is 0 Å². The molecule has 2 heterocycles. The Hall–Kier alpha value is -0.120. The summed E-state index contributed by atoms with van der Waals surface area (Å²) in [6.07, 6.45) is 8.28. The van der Waals surface area contributed by atoms with E-state index in [1.807, 2.05) is 0 Å². The molecule has 17 heavy (non-hydrogen) atoms. The van der Waals surface area contributed by atoms with Crippen LogP contribution in [0.4, 0.5) is 0 Å². The topological polar surface area (TPSA) is 33.3 Å². The highest BCUT2D eigenvalue weighted by atomic mass is 16.5. The molecule has 3 nitrogen and oxygen atoms in total. The largest absolute Gasteiger partial charge is 0.377 e. The SMILES string of the molecule is CCCC1(CNCC2CCCCO2)CCNC1. The fourth-order valence-corrected chi connectivity index (χ4v) is 3.25. The number of rotatable bonds is 6. The van der Waals surface area contributed by atoms with Gasteiger partial charge in [0.1, 0.15) is 0 Å². The summed E-state index contributed by atoms with van der Waals surface area (Å²) in [5.74, 6) is 0. The van der Waals surface area contributed by atoms with Crippen LogP contribution in [-0.4, -0.2) is 38.9 Å². The Morgan fingerprint density at radius 3 is 3.00 bits per heavy atom. The van der Waals surface area contributed by atoms with Gasteiger partial charge in [-0.05, 0) is 44.1 Å². The molecular formula is C14H28N2O. The fourth-order valence-electron chi connectivity index (χ4n) is 3.25. The molecule has 2 aliphatic heterocycles. The third-order valence-corrected chi connectivity index (χ3v) is 4.26. The van der Waals surface area contributed by atoms with Crippen LogP contribution in [0.1, 0.15) is 45.4 Å². The molecule has 0 amide bonds. The third-order valence-electron chi connectivity index (χ3n) is 4.26. The minimum absolute atomic E-state index is 0.469. The quantitative estimate of drug-likeness (QED) is 0.744. The van der Waals surface area contributed by atoms with E-state index in [4.69, 9.17) is 4.74 Å². The Bertz CT molecular complexity index is 208. The maximum absolute atomic E-state index is 5.76. The lowest BCUT2D eigenvalue weighted by Gasteiger charge is -2.30. The van der Waals surface area contributed by atoms with Gasteiger partial charge in [-0.2, -0.15) is 0 Å². The van der Waals surface area contributed by atoms with Crippen molar-refractivity contribution in [1.29, 1.82) is 0 Å². The summed E-state index contributed by atoms with van der Waals surface area (Å²) < 4.78 is 5.76. The average molecular weight is 240 g/mol. The van der Waals surface area contributed by atoms with Gasteiger partial charge in [0.15, 0.2) is 0 Å². The van der Waals surface area contributed by atoms with E-state index in [1.165, 1.54) is 51.6 Å². The Kier molecular flexibility index (Phi) is 5.26. The zero-order valence-electron chi connectivity index (χ0n) is 11.3. The standard InChI is InChI=1S/C14H28N2O/c1-2-6-14(7-8-15-11-14)12-16-10-13-5-3-4-9-17-13/h13,15-16H,2-12H2,1H3. The van der Waals surface area contributed by atoms with Crippen molar-refractivity contribution in [2.75, 3.05) is 32.8 Å². The van der Waals surface area contributed by atoms with E-state index in [1.54, 1.807) is 0 Å². The first-order valence-electron chi connectivity index (χ1n) is 7.38. The van der Waals surface area contributed by atoms with E-state index in [0.29, 0.717) is 11.5 Å². The monoisotopic (exact) mass is 240 g/mol. The highest BCUT2D eigenvalue weighted by molar-refractivity contribution is 4.89. The van der Waals surface area contributed by atoms with E-state index in [0.717, 1.165) is 19.7 Å². The van der Waals surface area contributed by atoms with Gasteiger partial charge in [0.2, 0.25) is 0 Å². The number of nitrogens with one attached hydrogen (secondary N) is 2. The van der Waals surface area contributed by atoms with Gasteiger partial charge in [-0.25, -0.2) is 0 Å². The van der Waals surface area contributed by atoms with Crippen LogP contribution in [-0.2, 0) is 4.74 Å². The van der Waals surface area contributed by atoms with Crippen LogP contribution in [0.5, 0.6) is 0 Å². The van der Waals surface area contributed by atoms with Crippen molar-refractivity contribution in [3.63, 3.8) is 0 Å². The fraction of sp³-hybridized carbons (Fsp3) is 1.00. The van der Waals surface area contributed by atoms with Crippen LogP contribution in [0.3, 0.4) is 0 Å². The van der Waals surface area contributed by atoms with E-state index in [9.17, 15) is 0 Å². The van der Waals surface area contributed by atoms with Gasteiger partial charge < -0.3 is 15.4 Å². The van der Waals surface area contributed by atoms with Gasteiger partial charge in [-0.1, -0.05) is 13.3 Å². The second kappa shape index (κ2) is 6.72. The molecular weight excluding hydrogens is 212 g/mol. The lowest BCUT2D eigenvalue weighted by atomic mass is 9.82. The molecule has 0 aromatic carbocycles. The van der Waals surface area contributed by atoms with Crippen LogP contribution >= 0.6 is 0 Å². The summed E-state index contributed by atoms with van der Waals surface area (Å²) in [7, 11) is 0. The van der Waals surface area contributed by atoms with Gasteiger partial charge in [0, 0.05) is 26.2 Å². The molecule has 0 bridgehead atoms. The molecule has 2 fully saturated rings. The first kappa shape index (κ1) is 13.3. The highest BCUT2D eigenvalue weighted by Crippen LogP contribution is 2.30. The molecule has 3 heteroatoms. The van der Waals surface area contributed by atoms with Gasteiger partial charge in [-0.15, -0.1) is 0 Å². The molecule has 2 aliphatic rings. The summed E-state index contributed by atoms with van der Waals surface area (Å²) >= 11 is 0. The van der Waals surface area contributed by atoms with Crippen LogP contribution < -0.4 is 10.6 Å². The molecule has 2 atom stereocenters. The first-order chi connectivity index (χ1) is 8.35. The molecule has 2 rings (SSSR count). The molecule has 0 radical (unpaired) electrons. The Labute approximate surface area is 106 Å². The minimum atomic E-state index is 0.469. The lowest BCUT2D eigenvalue weighted by molar-refractivity contribution is 0.0154. The zero-order valence-corrected chi connectivity index (χ0v) is 11.3. The third kappa shape index (κ3) is 3.94. The van der Waals surface area contributed by atoms with Crippen LogP contribution in [0, 0.1) is 5.41 Å². The molecule has 0 aromatic heterocycles. The molecule has 0 aromatic rings. The average Bonchev–Trinajstić information content (AvgIpc) is 2.80. The van der Waals surface area contributed by atoms with Crippen molar-refractivity contribution in [2.45, 2.75) is 51.6 Å². The van der Waals surface area contributed by atoms with E-state index in [2.05, 4.69) is 17.6 Å². The van der Waals surface area contributed by atoms with E-state index >= 15 is 0 Å². The second-order valence-corrected chi connectivity index (χ2v) is 5.80. The molecule has 2 N–H and O–H groups in total. The summed E-state index contributed by atoms with van der Waals surface area (Å²) in [5, 5.41) is 7.17. The predicted molar refractivity (Wildman–Crippen MR) is 71.3 cm³/mol. The number of hydrogen-bond donors (Lipinski definition) is 2. The minimum Gasteiger partial charge on any atom is -0.377 e. The van der Waals surface area contributed by atoms with Crippen molar-refractivity contribution in [3.8, 4) is 0 Å². The number of ether oxygens (including phenoxy) is 1. The molecule has 0 aliphatic carbocycles. The molecule has 100 valence electrons. The van der Waals surface area contributed by atoms with Crippen LogP contribution in [0.25, 0.3) is 0 Å². The summed E-state index contributed by atoms with van der Waals surface area (Å²) in [6, 6.07) is 0. The van der Waals surface area contributed by atoms with Crippen molar-refractivity contribution in [1.82, 2.24) is 10.6 Å². The summed E-state index contributed by atoms with van der Waals surface area (Å²) in [4.78, 5) is 0. The predicted octanol–water partition coefficient (Wildman–Crippen LogP) is 1.92. The van der Waals surface area contributed by atoms with Crippen LogP contribution in [0.15, 0.2) is 0 Å². The van der Waals surface area contributed by atoms with Gasteiger partial charge >= 0.3 is 0 Å². The van der Waals surface area contributed by atoms with Gasteiger partial charge in [-0.3, -0.25) is 0 Å². The summed E-state index contributed by atoms with van der Waals surface area (Å²) in [5.41, 5.74) is 0.517. The molecule has 2 saturated heterocycles. The Balaban J connectivity index is 1.68. The normalized spacial score (nSPS) is 34.1. The van der Waals surface area contributed by atoms with Gasteiger partial charge in [0.25, 0.3) is 0 Å². The Morgan fingerprint density at radius 1 is 1.41 bits per heavy atom. The maximum atomic E-state index is 5.76. The van der Waals surface area contributed by atoms with Crippen LogP contribution in [0.2, 0.25) is 0 Å². The first-order valence-corrected chi connectivity index (χ1v) is 7.38. The smallest absolute Gasteiger partial charge is 0.0699 e. The second-order valence-electron chi connectivity index (χ2n) is 5.80. The summed E-state index contributed by atoms with van der Waals surface area (Å²) in [6.45, 7) is 7.86. The Morgan fingerprint density at radius 2 is 2.35 bits per heavy atom. The van der Waals surface area contributed by atoms with Gasteiger partial charge in [0.05, 0.1) is 6.10 Å².